The second-order valence-electron chi connectivity index (χ2n) is 9.69. The molecule has 0 saturated carbocycles. The first-order chi connectivity index (χ1) is 20.2. The van der Waals surface area contributed by atoms with Gasteiger partial charge in [-0.2, -0.15) is 0 Å². The Kier molecular flexibility index (Phi) is 8.56. The van der Waals surface area contributed by atoms with Gasteiger partial charge in [0.1, 0.15) is 12.4 Å². The Morgan fingerprint density at radius 1 is 1.07 bits per heavy atom. The molecule has 214 valence electrons. The first-order valence-corrected chi connectivity index (χ1v) is 14.8. The van der Waals surface area contributed by atoms with E-state index < -0.39 is 18.0 Å². The number of rotatable bonds is 8. The predicted molar refractivity (Wildman–Crippen MR) is 163 cm³/mol. The number of hydrogen-bond donors (Lipinski definition) is 1. The summed E-state index contributed by atoms with van der Waals surface area (Å²) in [4.78, 5) is 43.0. The third-order valence-electron chi connectivity index (χ3n) is 6.76. The second-order valence-corrected chi connectivity index (χ2v) is 11.6. The summed E-state index contributed by atoms with van der Waals surface area (Å²) in [5.74, 6) is -0.866. The van der Waals surface area contributed by atoms with Gasteiger partial charge in [-0.25, -0.2) is 14.6 Å². The van der Waals surface area contributed by atoms with Gasteiger partial charge in [-0.1, -0.05) is 59.4 Å². The second kappa shape index (κ2) is 12.3. The van der Waals surface area contributed by atoms with Gasteiger partial charge in [-0.3, -0.25) is 9.36 Å². The summed E-state index contributed by atoms with van der Waals surface area (Å²) < 4.78 is 14.0. The zero-order valence-electron chi connectivity index (χ0n) is 23.1. The van der Waals surface area contributed by atoms with Gasteiger partial charge in [0.25, 0.3) is 5.56 Å². The number of esters is 1. The SMILES string of the molecule is CCOC(=O)C1=C(C)N=c2s/c(=C/c3ccc(OCc4ccc(C(=O)O)cc4)c(Br)c3)c(=O)n2[C@@H]1c1ccc(C)cc1. The van der Waals surface area contributed by atoms with Crippen molar-refractivity contribution in [2.24, 2.45) is 4.99 Å². The molecule has 5 rings (SSSR count). The summed E-state index contributed by atoms with van der Waals surface area (Å²) >= 11 is 4.82. The maximum atomic E-state index is 13.8. The molecular weight excluding hydrogens is 620 g/mol. The van der Waals surface area contributed by atoms with E-state index in [9.17, 15) is 14.4 Å². The Bertz CT molecular complexity index is 1890. The maximum Gasteiger partial charge on any atom is 0.338 e. The molecule has 2 heterocycles. The molecule has 1 aliphatic rings. The Balaban J connectivity index is 1.47. The van der Waals surface area contributed by atoms with Crippen LogP contribution in [0, 0.1) is 6.92 Å². The van der Waals surface area contributed by atoms with Crippen LogP contribution in [-0.4, -0.2) is 28.2 Å². The lowest BCUT2D eigenvalue weighted by Crippen LogP contribution is -2.39. The third-order valence-corrected chi connectivity index (χ3v) is 8.36. The number of halogens is 1. The van der Waals surface area contributed by atoms with Gasteiger partial charge < -0.3 is 14.6 Å². The molecule has 0 unspecified atom stereocenters. The Morgan fingerprint density at radius 2 is 1.79 bits per heavy atom. The smallest absolute Gasteiger partial charge is 0.338 e. The molecule has 1 aliphatic heterocycles. The van der Waals surface area contributed by atoms with E-state index in [1.807, 2.05) is 43.3 Å². The van der Waals surface area contributed by atoms with Gasteiger partial charge >= 0.3 is 11.9 Å². The standard InChI is InChI=1S/C32H27BrN2O6S/c1-4-40-31(39)27-19(3)34-32-35(28(27)22-10-5-18(2)6-11-22)29(36)26(42-32)16-21-9-14-25(24(33)15-21)41-17-20-7-12-23(13-8-20)30(37)38/h5-16,28H,4,17H2,1-3H3,(H,37,38)/b26-16+/t28-/m1/s1. The fourth-order valence-electron chi connectivity index (χ4n) is 4.64. The maximum absolute atomic E-state index is 13.8. The lowest BCUT2D eigenvalue weighted by Gasteiger charge is -2.24. The Morgan fingerprint density at radius 3 is 2.43 bits per heavy atom. The van der Waals surface area contributed by atoms with Crippen LogP contribution >= 0.6 is 27.3 Å². The molecule has 0 spiro atoms. The lowest BCUT2D eigenvalue weighted by molar-refractivity contribution is -0.139. The summed E-state index contributed by atoms with van der Waals surface area (Å²) in [6, 6.07) is 19.1. The number of carbonyl (C=O) groups excluding carboxylic acids is 1. The number of aromatic carboxylic acids is 1. The molecule has 0 bridgehead atoms. The number of carboxylic acids is 1. The van der Waals surface area contributed by atoms with Crippen LogP contribution in [0.3, 0.4) is 0 Å². The number of fused-ring (bicyclic) bond motifs is 1. The molecule has 42 heavy (non-hydrogen) atoms. The van der Waals surface area contributed by atoms with E-state index in [1.54, 1.807) is 42.7 Å². The number of allylic oxidation sites excluding steroid dienone is 1. The van der Waals surface area contributed by atoms with Crippen molar-refractivity contribution in [3.8, 4) is 5.75 Å². The average Bonchev–Trinajstić information content (AvgIpc) is 3.26. The van der Waals surface area contributed by atoms with Crippen molar-refractivity contribution < 1.29 is 24.2 Å². The van der Waals surface area contributed by atoms with Gasteiger partial charge in [0, 0.05) is 0 Å². The zero-order valence-corrected chi connectivity index (χ0v) is 25.5. The van der Waals surface area contributed by atoms with E-state index >= 15 is 0 Å². The highest BCUT2D eigenvalue weighted by Gasteiger charge is 2.33. The van der Waals surface area contributed by atoms with E-state index in [0.717, 1.165) is 22.3 Å². The van der Waals surface area contributed by atoms with Crippen molar-refractivity contribution >= 4 is 45.3 Å². The van der Waals surface area contributed by atoms with Crippen LogP contribution in [0.4, 0.5) is 0 Å². The van der Waals surface area contributed by atoms with Crippen molar-refractivity contribution in [1.29, 1.82) is 0 Å². The number of thiazole rings is 1. The Labute approximate surface area is 254 Å². The number of aromatic nitrogens is 1. The van der Waals surface area contributed by atoms with Gasteiger partial charge in [0.2, 0.25) is 0 Å². The number of carboxylic acid groups (broad SMARTS) is 1. The molecule has 0 radical (unpaired) electrons. The number of aryl methyl sites for hydroxylation is 1. The molecule has 0 amide bonds. The molecule has 8 nitrogen and oxygen atoms in total. The molecule has 4 aromatic rings. The highest BCUT2D eigenvalue weighted by Crippen LogP contribution is 2.31. The van der Waals surface area contributed by atoms with Crippen LogP contribution in [0.15, 0.2) is 92.3 Å². The number of benzene rings is 3. The van der Waals surface area contributed by atoms with Crippen LogP contribution in [0.2, 0.25) is 0 Å². The van der Waals surface area contributed by atoms with Crippen LogP contribution in [0.25, 0.3) is 6.08 Å². The van der Waals surface area contributed by atoms with Crippen LogP contribution in [0.1, 0.15) is 52.5 Å². The molecule has 0 saturated heterocycles. The minimum atomic E-state index is -0.978. The van der Waals surface area contributed by atoms with Crippen LogP contribution < -0.4 is 19.6 Å². The Hall–Kier alpha value is -4.28. The molecule has 1 atom stereocenters. The van der Waals surface area contributed by atoms with Gasteiger partial charge in [-0.05, 0) is 83.7 Å². The molecule has 1 N–H and O–H groups in total. The van der Waals surface area contributed by atoms with Crippen molar-refractivity contribution in [2.75, 3.05) is 6.61 Å². The number of ether oxygens (including phenoxy) is 2. The highest BCUT2D eigenvalue weighted by molar-refractivity contribution is 9.10. The summed E-state index contributed by atoms with van der Waals surface area (Å²) in [5.41, 5.74) is 4.31. The predicted octanol–water partition coefficient (Wildman–Crippen LogP) is 5.15. The molecule has 3 aromatic carbocycles. The lowest BCUT2D eigenvalue weighted by atomic mass is 9.95. The molecule has 0 aliphatic carbocycles. The quantitative estimate of drug-likeness (QED) is 0.266. The van der Waals surface area contributed by atoms with Crippen molar-refractivity contribution in [2.45, 2.75) is 33.4 Å². The van der Waals surface area contributed by atoms with E-state index in [1.165, 1.54) is 23.5 Å². The monoisotopic (exact) mass is 646 g/mol. The summed E-state index contributed by atoms with van der Waals surface area (Å²) in [5, 5.41) is 9.07. The van der Waals surface area contributed by atoms with Gasteiger partial charge in [0.15, 0.2) is 4.80 Å². The minimum absolute atomic E-state index is 0.215. The van der Waals surface area contributed by atoms with Crippen molar-refractivity contribution in [1.82, 2.24) is 4.57 Å². The van der Waals surface area contributed by atoms with E-state index in [4.69, 9.17) is 14.6 Å². The molecule has 0 fully saturated rings. The molecule has 10 heteroatoms. The van der Waals surface area contributed by atoms with Gasteiger partial charge in [0.05, 0.1) is 38.5 Å². The number of nitrogens with zero attached hydrogens (tertiary/aromatic N) is 2. The van der Waals surface area contributed by atoms with Crippen LogP contribution in [-0.2, 0) is 16.1 Å². The van der Waals surface area contributed by atoms with Gasteiger partial charge in [-0.15, -0.1) is 0 Å². The summed E-state index contributed by atoms with van der Waals surface area (Å²) in [7, 11) is 0. The summed E-state index contributed by atoms with van der Waals surface area (Å²) in [6.07, 6.45) is 1.79. The first kappa shape index (κ1) is 29.2. The number of hydrogen-bond acceptors (Lipinski definition) is 7. The molecule has 1 aromatic heterocycles. The zero-order chi connectivity index (χ0) is 30.0. The minimum Gasteiger partial charge on any atom is -0.488 e. The van der Waals surface area contributed by atoms with Crippen LogP contribution in [0.5, 0.6) is 5.75 Å². The average molecular weight is 648 g/mol. The fraction of sp³-hybridized carbons (Fsp3) is 0.188. The number of carbonyl (C=O) groups is 2. The third kappa shape index (κ3) is 6.00. The van der Waals surface area contributed by atoms with E-state index in [0.29, 0.717) is 30.8 Å². The largest absolute Gasteiger partial charge is 0.488 e. The van der Waals surface area contributed by atoms with Crippen molar-refractivity contribution in [3.63, 3.8) is 0 Å². The van der Waals surface area contributed by atoms with Crippen molar-refractivity contribution in [3.05, 3.63) is 130 Å². The topological polar surface area (TPSA) is 107 Å². The first-order valence-electron chi connectivity index (χ1n) is 13.2. The highest BCUT2D eigenvalue weighted by atomic mass is 79.9. The van der Waals surface area contributed by atoms with E-state index in [2.05, 4.69) is 20.9 Å². The fourth-order valence-corrected chi connectivity index (χ4v) is 6.19. The molecular formula is C32H27BrN2O6S. The summed E-state index contributed by atoms with van der Waals surface area (Å²) in [6.45, 7) is 5.97. The van der Waals surface area contributed by atoms with E-state index in [-0.39, 0.29) is 24.3 Å². The normalized spacial score (nSPS) is 14.8.